The molecule has 0 aliphatic rings. The zero-order chi connectivity index (χ0) is 12.3. The molecule has 0 spiro atoms. The van der Waals surface area contributed by atoms with Crippen LogP contribution in [0.2, 0.25) is 0 Å². The van der Waals surface area contributed by atoms with Gasteiger partial charge in [0, 0.05) is 12.3 Å². The molecular formula is C11H11ClN2O2S. The van der Waals surface area contributed by atoms with Gasteiger partial charge >= 0.3 is 0 Å². The number of alkyl halides is 1. The summed E-state index contributed by atoms with van der Waals surface area (Å²) >= 11 is 6.90. The highest BCUT2D eigenvalue weighted by Gasteiger charge is 2.07. The van der Waals surface area contributed by atoms with E-state index in [1.807, 2.05) is 18.2 Å². The molecule has 2 rings (SSSR count). The Morgan fingerprint density at radius 3 is 3.12 bits per heavy atom. The zero-order valence-corrected chi connectivity index (χ0v) is 10.8. The van der Waals surface area contributed by atoms with Crippen molar-refractivity contribution in [2.45, 2.75) is 6.42 Å². The Bertz CT molecular complexity index is 541. The zero-order valence-electron chi connectivity index (χ0n) is 9.20. The first-order chi connectivity index (χ1) is 8.22. The molecule has 0 aliphatic carbocycles. The number of ether oxygens (including phenoxy) is 1. The third-order valence-electron chi connectivity index (χ3n) is 2.16. The Morgan fingerprint density at radius 2 is 2.41 bits per heavy atom. The Kier molecular flexibility index (Phi) is 3.81. The summed E-state index contributed by atoms with van der Waals surface area (Å²) in [6.45, 7) is 0. The van der Waals surface area contributed by atoms with Gasteiger partial charge in [-0.2, -0.15) is 0 Å². The van der Waals surface area contributed by atoms with Crippen molar-refractivity contribution in [2.75, 3.05) is 18.3 Å². The molecule has 1 aromatic heterocycles. The maximum atomic E-state index is 11.4. The molecule has 1 aromatic carbocycles. The second-order valence-electron chi connectivity index (χ2n) is 3.34. The van der Waals surface area contributed by atoms with E-state index in [4.69, 9.17) is 16.3 Å². The van der Waals surface area contributed by atoms with E-state index in [0.29, 0.717) is 17.4 Å². The van der Waals surface area contributed by atoms with Gasteiger partial charge in [-0.05, 0) is 18.2 Å². The molecule has 6 heteroatoms. The number of rotatable bonds is 4. The fourth-order valence-electron chi connectivity index (χ4n) is 1.35. The van der Waals surface area contributed by atoms with E-state index in [-0.39, 0.29) is 5.91 Å². The number of methoxy groups -OCH3 is 1. The number of aromatic nitrogens is 1. The average Bonchev–Trinajstić information content (AvgIpc) is 2.69. The summed E-state index contributed by atoms with van der Waals surface area (Å²) in [5.74, 6) is 0.968. The summed E-state index contributed by atoms with van der Waals surface area (Å²) in [6, 6.07) is 5.60. The van der Waals surface area contributed by atoms with E-state index < -0.39 is 0 Å². The molecule has 0 bridgehead atoms. The average molecular weight is 271 g/mol. The highest BCUT2D eigenvalue weighted by atomic mass is 35.5. The van der Waals surface area contributed by atoms with Crippen LogP contribution in [0.1, 0.15) is 6.42 Å². The summed E-state index contributed by atoms with van der Waals surface area (Å²) in [5.41, 5.74) is 0.844. The van der Waals surface area contributed by atoms with Gasteiger partial charge < -0.3 is 10.1 Å². The highest BCUT2D eigenvalue weighted by molar-refractivity contribution is 7.22. The van der Waals surface area contributed by atoms with E-state index >= 15 is 0 Å². The number of carbonyl (C=O) groups is 1. The van der Waals surface area contributed by atoms with Gasteiger partial charge in [-0.15, -0.1) is 11.6 Å². The number of thiazole rings is 1. The van der Waals surface area contributed by atoms with E-state index in [1.54, 1.807) is 7.11 Å². The molecule has 0 saturated carbocycles. The van der Waals surface area contributed by atoms with E-state index in [1.165, 1.54) is 11.3 Å². The highest BCUT2D eigenvalue weighted by Crippen LogP contribution is 2.29. The third-order valence-corrected chi connectivity index (χ3v) is 3.29. The standard InChI is InChI=1S/C11H11ClN2O2S/c1-16-7-2-3-8-9(6-7)17-11(13-8)14-10(15)4-5-12/h2-3,6H,4-5H2,1H3,(H,13,14,15). The van der Waals surface area contributed by atoms with Crippen molar-refractivity contribution in [3.8, 4) is 5.75 Å². The molecule has 0 radical (unpaired) electrons. The van der Waals surface area contributed by atoms with Crippen LogP contribution < -0.4 is 10.1 Å². The molecule has 2 aromatic rings. The number of amides is 1. The first-order valence-corrected chi connectivity index (χ1v) is 6.38. The quantitative estimate of drug-likeness (QED) is 0.869. The molecule has 0 fully saturated rings. The van der Waals surface area contributed by atoms with Crippen LogP contribution in [0.5, 0.6) is 5.75 Å². The van der Waals surface area contributed by atoms with Crippen molar-refractivity contribution in [3.63, 3.8) is 0 Å². The fraction of sp³-hybridized carbons (Fsp3) is 0.273. The van der Waals surface area contributed by atoms with Gasteiger partial charge in [-0.25, -0.2) is 4.98 Å². The lowest BCUT2D eigenvalue weighted by Crippen LogP contribution is -2.11. The minimum absolute atomic E-state index is 0.119. The number of halogens is 1. The predicted molar refractivity (Wildman–Crippen MR) is 70.1 cm³/mol. The molecule has 0 atom stereocenters. The van der Waals surface area contributed by atoms with E-state index in [0.717, 1.165) is 16.0 Å². The molecular weight excluding hydrogens is 260 g/mol. The van der Waals surface area contributed by atoms with Crippen LogP contribution in [-0.2, 0) is 4.79 Å². The number of hydrogen-bond acceptors (Lipinski definition) is 4. The first-order valence-electron chi connectivity index (χ1n) is 5.03. The van der Waals surface area contributed by atoms with E-state index in [9.17, 15) is 4.79 Å². The monoisotopic (exact) mass is 270 g/mol. The summed E-state index contributed by atoms with van der Waals surface area (Å²) in [4.78, 5) is 15.7. The van der Waals surface area contributed by atoms with Crippen molar-refractivity contribution in [1.29, 1.82) is 0 Å². The second-order valence-corrected chi connectivity index (χ2v) is 4.75. The number of fused-ring (bicyclic) bond motifs is 1. The second kappa shape index (κ2) is 5.33. The van der Waals surface area contributed by atoms with E-state index in [2.05, 4.69) is 10.3 Å². The van der Waals surface area contributed by atoms with Crippen molar-refractivity contribution in [2.24, 2.45) is 0 Å². The Hall–Kier alpha value is -1.33. The molecule has 0 aliphatic heterocycles. The molecule has 1 N–H and O–H groups in total. The number of nitrogens with one attached hydrogen (secondary N) is 1. The van der Waals surface area contributed by atoms with Crippen LogP contribution in [0.25, 0.3) is 10.2 Å². The van der Waals surface area contributed by atoms with Crippen molar-refractivity contribution in [3.05, 3.63) is 18.2 Å². The maximum Gasteiger partial charge on any atom is 0.227 e. The van der Waals surface area contributed by atoms with Crippen LogP contribution in [0.3, 0.4) is 0 Å². The Labute approximate surface area is 108 Å². The molecule has 1 heterocycles. The predicted octanol–water partition coefficient (Wildman–Crippen LogP) is 2.87. The van der Waals surface area contributed by atoms with Crippen molar-refractivity contribution < 1.29 is 9.53 Å². The van der Waals surface area contributed by atoms with Gasteiger partial charge in [-0.3, -0.25) is 4.79 Å². The van der Waals surface area contributed by atoms with Crippen LogP contribution in [0, 0.1) is 0 Å². The topological polar surface area (TPSA) is 51.2 Å². The number of benzene rings is 1. The molecule has 4 nitrogen and oxygen atoms in total. The molecule has 0 unspecified atom stereocenters. The van der Waals surface area contributed by atoms with Crippen molar-refractivity contribution in [1.82, 2.24) is 4.98 Å². The van der Waals surface area contributed by atoms with Gasteiger partial charge in [0.2, 0.25) is 5.91 Å². The van der Waals surface area contributed by atoms with Gasteiger partial charge in [0.15, 0.2) is 5.13 Å². The van der Waals surface area contributed by atoms with Crippen LogP contribution >= 0.6 is 22.9 Å². The normalized spacial score (nSPS) is 10.5. The summed E-state index contributed by atoms with van der Waals surface area (Å²) in [7, 11) is 1.62. The summed E-state index contributed by atoms with van der Waals surface area (Å²) < 4.78 is 6.10. The number of nitrogens with zero attached hydrogens (tertiary/aromatic N) is 1. The lowest BCUT2D eigenvalue weighted by molar-refractivity contribution is -0.115. The molecule has 1 amide bonds. The number of hydrogen-bond donors (Lipinski definition) is 1. The van der Waals surface area contributed by atoms with Gasteiger partial charge in [-0.1, -0.05) is 11.3 Å². The van der Waals surface area contributed by atoms with Gasteiger partial charge in [0.05, 0.1) is 17.3 Å². The maximum absolute atomic E-state index is 11.4. The van der Waals surface area contributed by atoms with Crippen LogP contribution in [0.4, 0.5) is 5.13 Å². The largest absolute Gasteiger partial charge is 0.497 e. The lowest BCUT2D eigenvalue weighted by atomic mass is 10.3. The minimum Gasteiger partial charge on any atom is -0.497 e. The minimum atomic E-state index is -0.119. The first kappa shape index (κ1) is 12.1. The molecule has 17 heavy (non-hydrogen) atoms. The smallest absolute Gasteiger partial charge is 0.227 e. The van der Waals surface area contributed by atoms with Crippen LogP contribution in [-0.4, -0.2) is 23.9 Å². The summed E-state index contributed by atoms with van der Waals surface area (Å²) in [5, 5.41) is 3.30. The Morgan fingerprint density at radius 1 is 1.59 bits per heavy atom. The van der Waals surface area contributed by atoms with Gasteiger partial charge in [0.25, 0.3) is 0 Å². The SMILES string of the molecule is COc1ccc2nc(NC(=O)CCCl)sc2c1. The lowest BCUT2D eigenvalue weighted by Gasteiger charge is -1.96. The van der Waals surface area contributed by atoms with Gasteiger partial charge in [0.1, 0.15) is 5.75 Å². The molecule has 0 saturated heterocycles. The third kappa shape index (κ3) is 2.87. The number of anilines is 1. The van der Waals surface area contributed by atoms with Crippen molar-refractivity contribution >= 4 is 44.2 Å². The number of carbonyl (C=O) groups excluding carboxylic acids is 1. The fourth-order valence-corrected chi connectivity index (χ4v) is 2.44. The van der Waals surface area contributed by atoms with Crippen LogP contribution in [0.15, 0.2) is 18.2 Å². The molecule has 90 valence electrons. The Balaban J connectivity index is 2.22. The summed E-state index contributed by atoms with van der Waals surface area (Å²) in [6.07, 6.45) is 0.292.